The Labute approximate surface area is 119 Å². The van der Waals surface area contributed by atoms with Crippen LogP contribution in [0.1, 0.15) is 21.2 Å². The van der Waals surface area contributed by atoms with Gasteiger partial charge >= 0.3 is 0 Å². The molecule has 1 unspecified atom stereocenters. The molecule has 0 aromatic heterocycles. The summed E-state index contributed by atoms with van der Waals surface area (Å²) in [5.74, 6) is 0. The summed E-state index contributed by atoms with van der Waals surface area (Å²) in [6.45, 7) is 3.07. The van der Waals surface area contributed by atoms with Gasteiger partial charge < -0.3 is 10.2 Å². The molecule has 102 valence electrons. The van der Waals surface area contributed by atoms with Gasteiger partial charge in [0.2, 0.25) is 0 Å². The van der Waals surface area contributed by atoms with Crippen molar-refractivity contribution in [3.05, 3.63) is 33.4 Å². The number of rotatable bonds is 2. The number of allylic oxidation sites excluding steroid dienone is 3. The predicted octanol–water partition coefficient (Wildman–Crippen LogP) is 2.73. The quantitative estimate of drug-likeness (QED) is 0.843. The van der Waals surface area contributed by atoms with Crippen molar-refractivity contribution in [2.75, 3.05) is 13.6 Å². The van der Waals surface area contributed by atoms with Gasteiger partial charge in [0, 0.05) is 19.9 Å². The van der Waals surface area contributed by atoms with Gasteiger partial charge in [-0.2, -0.15) is 0 Å². The van der Waals surface area contributed by atoms with E-state index in [-0.39, 0.29) is 7.47 Å². The number of nitrogens with zero attached hydrogens (tertiary/aromatic N) is 3. The first-order valence-electron chi connectivity index (χ1n) is 6.54. The molecule has 0 radical (unpaired) electrons. The Bertz CT molecular complexity index is 533. The third-order valence-corrected chi connectivity index (χ3v) is 4.40. The van der Waals surface area contributed by atoms with E-state index in [0.717, 1.165) is 23.7 Å². The van der Waals surface area contributed by atoms with Gasteiger partial charge in [0.15, 0.2) is 0 Å². The van der Waals surface area contributed by atoms with Crippen LogP contribution in [0.15, 0.2) is 43.3 Å². The Balaban J connectivity index is 0.00000147. The summed E-state index contributed by atoms with van der Waals surface area (Å²) in [4.78, 5) is 12.4. The summed E-state index contributed by atoms with van der Waals surface area (Å²) in [6.07, 6.45) is 10.5. The van der Waals surface area contributed by atoms with Crippen LogP contribution in [-0.2, 0) is 0 Å². The van der Waals surface area contributed by atoms with Crippen LogP contribution < -0.4 is 5.32 Å². The monoisotopic (exact) mass is 276 g/mol. The topological polar surface area (TPSA) is 40.0 Å². The third-order valence-electron chi connectivity index (χ3n) is 3.36. The zero-order valence-electron chi connectivity index (χ0n) is 11.3. The molecule has 2 aliphatic heterocycles. The van der Waals surface area contributed by atoms with Crippen LogP contribution in [0, 0.1) is 0 Å². The van der Waals surface area contributed by atoms with Gasteiger partial charge in [0.05, 0.1) is 18.4 Å². The maximum atomic E-state index is 4.60. The fourth-order valence-electron chi connectivity index (χ4n) is 2.33. The highest BCUT2D eigenvalue weighted by Gasteiger charge is 2.25. The average Bonchev–Trinajstić information content (AvgIpc) is 2.77. The molecular weight excluding hydrogens is 256 g/mol. The van der Waals surface area contributed by atoms with Crippen LogP contribution >= 0.6 is 11.8 Å². The highest BCUT2D eigenvalue weighted by Crippen LogP contribution is 2.35. The van der Waals surface area contributed by atoms with Crippen LogP contribution in [0.5, 0.6) is 0 Å². The minimum Gasteiger partial charge on any atom is -0.363 e. The van der Waals surface area contributed by atoms with Crippen LogP contribution in [0.25, 0.3) is 0 Å². The lowest BCUT2D eigenvalue weighted by atomic mass is 10.1. The molecule has 0 aromatic rings. The maximum absolute atomic E-state index is 4.60. The van der Waals surface area contributed by atoms with E-state index in [1.54, 1.807) is 18.1 Å². The lowest BCUT2D eigenvalue weighted by molar-refractivity contribution is 0.493. The van der Waals surface area contributed by atoms with E-state index < -0.39 is 0 Å². The second-order valence-electron chi connectivity index (χ2n) is 5.08. The minimum absolute atomic E-state index is 0. The molecule has 0 fully saturated rings. The van der Waals surface area contributed by atoms with E-state index in [1.807, 2.05) is 13.4 Å². The van der Waals surface area contributed by atoms with E-state index in [9.17, 15) is 0 Å². The Hall–Kier alpha value is -1.49. The summed E-state index contributed by atoms with van der Waals surface area (Å²) in [5.41, 5.74) is 2.57. The second kappa shape index (κ2) is 5.25. The number of hydrogen-bond acceptors (Lipinski definition) is 5. The Kier molecular flexibility index (Phi) is 3.46. The molecule has 0 bridgehead atoms. The van der Waals surface area contributed by atoms with Crippen LogP contribution in [0.2, 0.25) is 0 Å². The fourth-order valence-corrected chi connectivity index (χ4v) is 3.42. The Morgan fingerprint density at radius 1 is 1.53 bits per heavy atom. The number of likely N-dealkylation sites (N-methyl/N-ethyl adjacent to an activating group) is 1. The molecule has 1 N–H and O–H groups in total. The molecule has 0 spiro atoms. The molecule has 19 heavy (non-hydrogen) atoms. The number of hydrogen-bond donors (Lipinski definition) is 1. The van der Waals surface area contributed by atoms with Crippen molar-refractivity contribution in [3.8, 4) is 0 Å². The molecule has 0 saturated carbocycles. The lowest BCUT2D eigenvalue weighted by Gasteiger charge is -2.15. The summed E-state index contributed by atoms with van der Waals surface area (Å²) >= 11 is 1.73. The first kappa shape index (κ1) is 12.5. The number of thioether (sulfide) groups is 1. The van der Waals surface area contributed by atoms with Crippen molar-refractivity contribution < 1.29 is 1.43 Å². The summed E-state index contributed by atoms with van der Waals surface area (Å²) in [6, 6.07) is 0.185. The molecular formula is C14H20N4S. The minimum atomic E-state index is 0. The Morgan fingerprint density at radius 2 is 2.42 bits per heavy atom. The molecule has 0 amide bonds. The van der Waals surface area contributed by atoms with Crippen LogP contribution in [0.3, 0.4) is 0 Å². The molecule has 3 rings (SSSR count). The van der Waals surface area contributed by atoms with Gasteiger partial charge in [-0.1, -0.05) is 23.4 Å². The van der Waals surface area contributed by atoms with E-state index >= 15 is 0 Å². The van der Waals surface area contributed by atoms with E-state index in [1.165, 1.54) is 16.9 Å². The summed E-state index contributed by atoms with van der Waals surface area (Å²) in [7, 11) is 2.03. The first-order valence-corrected chi connectivity index (χ1v) is 7.36. The molecule has 0 aromatic carbocycles. The molecule has 0 saturated heterocycles. The summed E-state index contributed by atoms with van der Waals surface area (Å²) in [5, 5.41) is 4.28. The van der Waals surface area contributed by atoms with Crippen molar-refractivity contribution in [2.24, 2.45) is 9.98 Å². The highest BCUT2D eigenvalue weighted by molar-refractivity contribution is 8.06. The average molecular weight is 276 g/mol. The van der Waals surface area contributed by atoms with Gasteiger partial charge in [-0.3, -0.25) is 4.99 Å². The van der Waals surface area contributed by atoms with Gasteiger partial charge in [0.1, 0.15) is 11.1 Å². The van der Waals surface area contributed by atoms with Crippen LogP contribution in [0.4, 0.5) is 0 Å². The number of aliphatic imine (C=N–C) groups is 2. The van der Waals surface area contributed by atoms with Gasteiger partial charge in [0.25, 0.3) is 0 Å². The van der Waals surface area contributed by atoms with Crippen molar-refractivity contribution in [1.29, 1.82) is 0 Å². The maximum Gasteiger partial charge on any atom is 0.124 e. The molecule has 1 aliphatic carbocycles. The zero-order valence-corrected chi connectivity index (χ0v) is 12.1. The first-order chi connectivity index (χ1) is 9.22. The van der Waals surface area contributed by atoms with E-state index in [2.05, 4.69) is 39.3 Å². The predicted molar refractivity (Wildman–Crippen MR) is 84.3 cm³/mol. The summed E-state index contributed by atoms with van der Waals surface area (Å²) < 4.78 is 0. The van der Waals surface area contributed by atoms with Gasteiger partial charge in [-0.15, -0.1) is 0 Å². The van der Waals surface area contributed by atoms with Crippen molar-refractivity contribution >= 4 is 24.4 Å². The molecule has 3 aliphatic rings. The Morgan fingerprint density at radius 3 is 3.26 bits per heavy atom. The van der Waals surface area contributed by atoms with Crippen molar-refractivity contribution in [2.45, 2.75) is 25.8 Å². The second-order valence-corrected chi connectivity index (χ2v) is 6.14. The zero-order chi connectivity index (χ0) is 13.2. The molecule has 1 atom stereocenters. The van der Waals surface area contributed by atoms with E-state index in [4.69, 9.17) is 0 Å². The van der Waals surface area contributed by atoms with Crippen molar-refractivity contribution in [1.82, 2.24) is 10.2 Å². The van der Waals surface area contributed by atoms with E-state index in [0.29, 0.717) is 0 Å². The fraction of sp³-hybridized carbons (Fsp3) is 0.429. The van der Waals surface area contributed by atoms with Gasteiger partial charge in [-0.25, -0.2) is 4.99 Å². The third kappa shape index (κ3) is 2.76. The highest BCUT2D eigenvalue weighted by atomic mass is 32.2. The smallest absolute Gasteiger partial charge is 0.124 e. The van der Waals surface area contributed by atoms with Crippen LogP contribution in [-0.4, -0.2) is 37.2 Å². The number of nitrogens with one attached hydrogen (secondary N) is 1. The molecule has 4 nitrogen and oxygen atoms in total. The van der Waals surface area contributed by atoms with Crippen molar-refractivity contribution in [3.63, 3.8) is 0 Å². The largest absolute Gasteiger partial charge is 0.363 e. The molecule has 2 heterocycles. The molecule has 5 heteroatoms. The SMILES string of the molecule is CC1=CC(SC2=C3NC=NC3CN(C)C=N2)=CCC1.[HH]. The normalized spacial score (nSPS) is 25.8. The standard InChI is InChI=1S/C14H18N4S.H2/c1-10-4-3-5-11(6-10)19-14-13-12(15-8-16-13)7-18(2)9-17-14;/h5-6,8-9,12H,3-4,7H2,1-2H3,(H,15,16);1H. The van der Waals surface area contributed by atoms with Gasteiger partial charge in [-0.05, 0) is 25.8 Å². The number of fused-ring (bicyclic) bond motifs is 1. The lowest BCUT2D eigenvalue weighted by Crippen LogP contribution is -2.27.